The van der Waals surface area contributed by atoms with Gasteiger partial charge in [0.25, 0.3) is 0 Å². The first-order valence-electron chi connectivity index (χ1n) is 4.90. The van der Waals surface area contributed by atoms with Crippen LogP contribution in [0, 0.1) is 0 Å². The van der Waals surface area contributed by atoms with Crippen molar-refractivity contribution in [3.05, 3.63) is 0 Å². The number of carbonyl (C=O) groups is 1. The summed E-state index contributed by atoms with van der Waals surface area (Å²) in [6.45, 7) is 1.70. The van der Waals surface area contributed by atoms with Crippen molar-refractivity contribution in [2.45, 2.75) is 30.6 Å². The number of nitrogens with two attached hydrogens (primary N) is 1. The van der Waals surface area contributed by atoms with Crippen molar-refractivity contribution in [1.29, 1.82) is 0 Å². The zero-order valence-corrected chi connectivity index (χ0v) is 8.55. The maximum absolute atomic E-state index is 11.4. The Morgan fingerprint density at radius 2 is 2.46 bits per heavy atom. The Kier molecular flexibility index (Phi) is 2.79. The lowest BCUT2D eigenvalue weighted by Crippen LogP contribution is -2.33. The standard InChI is InChI=1S/C9H16N2OS/c10-7-4-9(12)11(5-7)6-8-2-1-3-13-8/h7-8H,1-6,10H2. The second-order valence-electron chi connectivity index (χ2n) is 3.90. The zero-order chi connectivity index (χ0) is 9.26. The molecule has 2 fully saturated rings. The van der Waals surface area contributed by atoms with E-state index < -0.39 is 0 Å². The summed E-state index contributed by atoms with van der Waals surface area (Å²) in [6.07, 6.45) is 3.13. The predicted molar refractivity (Wildman–Crippen MR) is 54.7 cm³/mol. The van der Waals surface area contributed by atoms with E-state index in [1.54, 1.807) is 0 Å². The van der Waals surface area contributed by atoms with Gasteiger partial charge in [0.1, 0.15) is 0 Å². The molecule has 2 aliphatic rings. The van der Waals surface area contributed by atoms with Gasteiger partial charge in [0.05, 0.1) is 0 Å². The summed E-state index contributed by atoms with van der Waals surface area (Å²) in [6, 6.07) is 0.0823. The van der Waals surface area contributed by atoms with Gasteiger partial charge in [0.15, 0.2) is 0 Å². The Bertz CT molecular complexity index is 204. The highest BCUT2D eigenvalue weighted by atomic mass is 32.2. The minimum Gasteiger partial charge on any atom is -0.340 e. The minimum absolute atomic E-state index is 0.0823. The fraction of sp³-hybridized carbons (Fsp3) is 0.889. The molecule has 2 atom stereocenters. The van der Waals surface area contributed by atoms with Gasteiger partial charge < -0.3 is 10.6 Å². The van der Waals surface area contributed by atoms with Crippen LogP contribution in [0.1, 0.15) is 19.3 Å². The second kappa shape index (κ2) is 3.88. The summed E-state index contributed by atoms with van der Waals surface area (Å²) in [7, 11) is 0. The van der Waals surface area contributed by atoms with Gasteiger partial charge in [-0.25, -0.2) is 0 Å². The first-order valence-corrected chi connectivity index (χ1v) is 5.95. The Hall–Kier alpha value is -0.220. The average molecular weight is 200 g/mol. The molecule has 0 saturated carbocycles. The van der Waals surface area contributed by atoms with Crippen molar-refractivity contribution in [2.24, 2.45) is 5.73 Å². The van der Waals surface area contributed by atoms with E-state index in [1.165, 1.54) is 18.6 Å². The van der Waals surface area contributed by atoms with Gasteiger partial charge in [0, 0.05) is 30.8 Å². The summed E-state index contributed by atoms with van der Waals surface area (Å²) in [5.74, 6) is 1.51. The molecule has 0 aliphatic carbocycles. The fourth-order valence-corrected chi connectivity index (χ4v) is 3.30. The lowest BCUT2D eigenvalue weighted by molar-refractivity contribution is -0.127. The van der Waals surface area contributed by atoms with E-state index in [-0.39, 0.29) is 11.9 Å². The van der Waals surface area contributed by atoms with Gasteiger partial charge in [-0.05, 0) is 18.6 Å². The number of hydrogen-bond donors (Lipinski definition) is 1. The summed E-state index contributed by atoms with van der Waals surface area (Å²) >= 11 is 2.00. The molecule has 0 aromatic heterocycles. The molecule has 3 nitrogen and oxygen atoms in total. The SMILES string of the molecule is NC1CC(=O)N(CC2CCCS2)C1. The van der Waals surface area contributed by atoms with Crippen molar-refractivity contribution in [3.63, 3.8) is 0 Å². The van der Waals surface area contributed by atoms with Crippen LogP contribution in [0.15, 0.2) is 0 Å². The number of nitrogens with zero attached hydrogens (tertiary/aromatic N) is 1. The van der Waals surface area contributed by atoms with E-state index in [2.05, 4.69) is 0 Å². The molecule has 0 radical (unpaired) electrons. The molecule has 13 heavy (non-hydrogen) atoms. The van der Waals surface area contributed by atoms with E-state index in [0.717, 1.165) is 13.1 Å². The number of amides is 1. The molecule has 0 spiro atoms. The monoisotopic (exact) mass is 200 g/mol. The molecule has 2 unspecified atom stereocenters. The Balaban J connectivity index is 1.83. The quantitative estimate of drug-likeness (QED) is 0.703. The number of rotatable bonds is 2. The summed E-state index contributed by atoms with van der Waals surface area (Å²) < 4.78 is 0. The minimum atomic E-state index is 0.0823. The van der Waals surface area contributed by atoms with Crippen LogP contribution < -0.4 is 5.73 Å². The number of likely N-dealkylation sites (tertiary alicyclic amines) is 1. The third-order valence-corrected chi connectivity index (χ3v) is 4.07. The van der Waals surface area contributed by atoms with E-state index in [0.29, 0.717) is 11.7 Å². The van der Waals surface area contributed by atoms with Crippen LogP contribution in [0.3, 0.4) is 0 Å². The Morgan fingerprint density at radius 3 is 3.00 bits per heavy atom. The number of hydrogen-bond acceptors (Lipinski definition) is 3. The Labute approximate surface area is 83.0 Å². The molecule has 2 rings (SSSR count). The van der Waals surface area contributed by atoms with Crippen LogP contribution in [0.2, 0.25) is 0 Å². The topological polar surface area (TPSA) is 46.3 Å². The number of thioether (sulfide) groups is 1. The highest BCUT2D eigenvalue weighted by Gasteiger charge is 2.29. The lowest BCUT2D eigenvalue weighted by atomic mass is 10.2. The highest BCUT2D eigenvalue weighted by Crippen LogP contribution is 2.27. The fourth-order valence-electron chi connectivity index (χ4n) is 2.01. The molecule has 0 aromatic carbocycles. The van der Waals surface area contributed by atoms with Crippen molar-refractivity contribution >= 4 is 17.7 Å². The average Bonchev–Trinajstić information content (AvgIpc) is 2.63. The Morgan fingerprint density at radius 1 is 1.62 bits per heavy atom. The molecule has 2 saturated heterocycles. The van der Waals surface area contributed by atoms with Gasteiger partial charge in [-0.3, -0.25) is 4.79 Å². The third kappa shape index (κ3) is 2.17. The van der Waals surface area contributed by atoms with E-state index in [1.807, 2.05) is 16.7 Å². The molecule has 1 amide bonds. The molecule has 2 aliphatic heterocycles. The van der Waals surface area contributed by atoms with E-state index >= 15 is 0 Å². The van der Waals surface area contributed by atoms with Crippen LogP contribution in [0.25, 0.3) is 0 Å². The smallest absolute Gasteiger partial charge is 0.224 e. The largest absolute Gasteiger partial charge is 0.340 e. The first kappa shape index (κ1) is 9.34. The van der Waals surface area contributed by atoms with Crippen molar-refractivity contribution < 1.29 is 4.79 Å². The van der Waals surface area contributed by atoms with Crippen molar-refractivity contribution in [1.82, 2.24) is 4.90 Å². The van der Waals surface area contributed by atoms with E-state index in [9.17, 15) is 4.79 Å². The van der Waals surface area contributed by atoms with Gasteiger partial charge >= 0.3 is 0 Å². The van der Waals surface area contributed by atoms with Gasteiger partial charge in [0.2, 0.25) is 5.91 Å². The van der Waals surface area contributed by atoms with Crippen LogP contribution in [-0.4, -0.2) is 40.9 Å². The maximum atomic E-state index is 11.4. The summed E-state index contributed by atoms with van der Waals surface area (Å²) in [4.78, 5) is 13.3. The third-order valence-electron chi connectivity index (χ3n) is 2.69. The van der Waals surface area contributed by atoms with Crippen molar-refractivity contribution in [2.75, 3.05) is 18.8 Å². The molecule has 2 N–H and O–H groups in total. The molecular weight excluding hydrogens is 184 g/mol. The van der Waals surface area contributed by atoms with Crippen LogP contribution in [0.4, 0.5) is 0 Å². The molecule has 0 bridgehead atoms. The number of carbonyl (C=O) groups excluding carboxylic acids is 1. The van der Waals surface area contributed by atoms with Crippen LogP contribution >= 0.6 is 11.8 Å². The summed E-state index contributed by atoms with van der Waals surface area (Å²) in [5, 5.41) is 0.675. The molecular formula is C9H16N2OS. The van der Waals surface area contributed by atoms with E-state index in [4.69, 9.17) is 5.73 Å². The summed E-state index contributed by atoms with van der Waals surface area (Å²) in [5.41, 5.74) is 5.72. The zero-order valence-electron chi connectivity index (χ0n) is 7.74. The molecule has 2 heterocycles. The molecule has 0 aromatic rings. The first-order chi connectivity index (χ1) is 6.25. The molecule has 74 valence electrons. The lowest BCUT2D eigenvalue weighted by Gasteiger charge is -2.19. The van der Waals surface area contributed by atoms with Gasteiger partial charge in [-0.1, -0.05) is 0 Å². The van der Waals surface area contributed by atoms with Gasteiger partial charge in [-0.15, -0.1) is 0 Å². The second-order valence-corrected chi connectivity index (χ2v) is 5.31. The highest BCUT2D eigenvalue weighted by molar-refractivity contribution is 8.00. The van der Waals surface area contributed by atoms with Crippen molar-refractivity contribution in [3.8, 4) is 0 Å². The normalized spacial score (nSPS) is 34.5. The van der Waals surface area contributed by atoms with Gasteiger partial charge in [-0.2, -0.15) is 11.8 Å². The van der Waals surface area contributed by atoms with Crippen LogP contribution in [-0.2, 0) is 4.79 Å². The predicted octanol–water partition coefficient (Wildman–Crippen LogP) is 0.442. The molecule has 4 heteroatoms. The maximum Gasteiger partial charge on any atom is 0.224 e. The van der Waals surface area contributed by atoms with Crippen LogP contribution in [0.5, 0.6) is 0 Å².